The van der Waals surface area contributed by atoms with E-state index < -0.39 is 21.7 Å². The standard InChI is InChI=1S/C33H28F2N8O3S/c1-47(45,46)40-13-18-9-20(11-22(34)10-18)24-7-4-8-25-30(24)43-32(42-25)31-27-26(38-17-39-31)16-37-29(28(27)35)21-12-23(15-36-14-21)41-33(44)19-5-2-3-6-19/h4,7-12,14-17,19,40H,2-3,5-6,13H2,1H3,(H,41,44)(H,42,43). The number of benzene rings is 2. The molecule has 14 heteroatoms. The maximum absolute atomic E-state index is 16.4. The number of carbonyl (C=O) groups is 1. The van der Waals surface area contributed by atoms with Crippen molar-refractivity contribution < 1.29 is 22.0 Å². The molecule has 4 heterocycles. The zero-order valence-corrected chi connectivity index (χ0v) is 25.9. The molecule has 2 aromatic carbocycles. The van der Waals surface area contributed by atoms with E-state index in [2.05, 4.69) is 35.0 Å². The van der Waals surface area contributed by atoms with Crippen LogP contribution in [0.25, 0.3) is 55.8 Å². The van der Waals surface area contributed by atoms with Crippen LogP contribution >= 0.6 is 0 Å². The number of anilines is 1. The molecule has 238 valence electrons. The maximum Gasteiger partial charge on any atom is 0.227 e. The lowest BCUT2D eigenvalue weighted by Crippen LogP contribution is -2.21. The molecule has 1 aliphatic rings. The van der Waals surface area contributed by atoms with Crippen LogP contribution < -0.4 is 10.0 Å². The van der Waals surface area contributed by atoms with Gasteiger partial charge in [-0.3, -0.25) is 14.8 Å². The molecule has 1 amide bonds. The van der Waals surface area contributed by atoms with Crippen molar-refractivity contribution in [3.05, 3.63) is 84.6 Å². The van der Waals surface area contributed by atoms with Crippen molar-refractivity contribution in [2.24, 2.45) is 5.92 Å². The van der Waals surface area contributed by atoms with Crippen LogP contribution in [0.1, 0.15) is 31.2 Å². The molecular weight excluding hydrogens is 626 g/mol. The molecule has 3 N–H and O–H groups in total. The molecule has 1 saturated carbocycles. The molecule has 0 atom stereocenters. The van der Waals surface area contributed by atoms with Crippen LogP contribution in [0.4, 0.5) is 14.5 Å². The van der Waals surface area contributed by atoms with E-state index in [9.17, 15) is 17.6 Å². The number of carbonyl (C=O) groups excluding carboxylic acids is 1. The Morgan fingerprint density at radius 1 is 0.979 bits per heavy atom. The van der Waals surface area contributed by atoms with Crippen LogP contribution in [0.15, 0.2) is 67.4 Å². The summed E-state index contributed by atoms with van der Waals surface area (Å²) in [5, 5.41) is 2.98. The lowest BCUT2D eigenvalue weighted by atomic mass is 10.0. The number of pyridine rings is 2. The Kier molecular flexibility index (Phi) is 7.90. The molecule has 7 rings (SSSR count). The van der Waals surface area contributed by atoms with Crippen molar-refractivity contribution in [3.8, 4) is 33.9 Å². The predicted octanol–water partition coefficient (Wildman–Crippen LogP) is 5.75. The summed E-state index contributed by atoms with van der Waals surface area (Å²) in [6, 6.07) is 11.2. The first-order valence-corrected chi connectivity index (χ1v) is 16.8. The van der Waals surface area contributed by atoms with Gasteiger partial charge in [-0.2, -0.15) is 0 Å². The van der Waals surface area contributed by atoms with Gasteiger partial charge in [-0.1, -0.05) is 25.0 Å². The normalized spacial score (nSPS) is 13.9. The van der Waals surface area contributed by atoms with Crippen molar-refractivity contribution in [2.75, 3.05) is 11.6 Å². The molecule has 4 aromatic heterocycles. The van der Waals surface area contributed by atoms with Gasteiger partial charge in [-0.15, -0.1) is 0 Å². The summed E-state index contributed by atoms with van der Waals surface area (Å²) < 4.78 is 56.6. The lowest BCUT2D eigenvalue weighted by Gasteiger charge is -2.12. The van der Waals surface area contributed by atoms with E-state index >= 15 is 4.39 Å². The fourth-order valence-corrected chi connectivity index (χ4v) is 6.39. The second-order valence-electron chi connectivity index (χ2n) is 11.6. The molecule has 6 aromatic rings. The molecule has 0 spiro atoms. The van der Waals surface area contributed by atoms with Crippen LogP contribution in [0, 0.1) is 17.6 Å². The van der Waals surface area contributed by atoms with Crippen LogP contribution in [0.5, 0.6) is 0 Å². The molecule has 0 radical (unpaired) electrons. The van der Waals surface area contributed by atoms with Crippen molar-refractivity contribution in [1.82, 2.24) is 34.6 Å². The number of hydrogen-bond acceptors (Lipinski definition) is 8. The average molecular weight is 655 g/mol. The van der Waals surface area contributed by atoms with E-state index in [0.717, 1.165) is 31.9 Å². The predicted molar refractivity (Wildman–Crippen MR) is 173 cm³/mol. The van der Waals surface area contributed by atoms with Gasteiger partial charge in [0.15, 0.2) is 11.6 Å². The van der Waals surface area contributed by atoms with Gasteiger partial charge < -0.3 is 10.3 Å². The highest BCUT2D eigenvalue weighted by molar-refractivity contribution is 7.88. The summed E-state index contributed by atoms with van der Waals surface area (Å²) in [6.45, 7) is -0.0841. The number of rotatable bonds is 8. The van der Waals surface area contributed by atoms with Crippen molar-refractivity contribution >= 4 is 43.6 Å². The first kappa shape index (κ1) is 30.4. The summed E-state index contributed by atoms with van der Waals surface area (Å²) in [6.07, 6.45) is 10.5. The van der Waals surface area contributed by atoms with Crippen LogP contribution in [0.3, 0.4) is 0 Å². The summed E-state index contributed by atoms with van der Waals surface area (Å²) >= 11 is 0. The van der Waals surface area contributed by atoms with Crippen LogP contribution in [-0.2, 0) is 21.4 Å². The average Bonchev–Trinajstić information content (AvgIpc) is 3.74. The number of hydrogen-bond donors (Lipinski definition) is 3. The highest BCUT2D eigenvalue weighted by Gasteiger charge is 2.24. The minimum atomic E-state index is -3.48. The molecule has 0 saturated heterocycles. The van der Waals surface area contributed by atoms with E-state index in [1.807, 2.05) is 0 Å². The highest BCUT2D eigenvalue weighted by Crippen LogP contribution is 2.35. The Bertz CT molecular complexity index is 2290. The Balaban J connectivity index is 1.27. The Hall–Kier alpha value is -5.21. The second kappa shape index (κ2) is 12.2. The van der Waals surface area contributed by atoms with Gasteiger partial charge in [-0.25, -0.2) is 36.9 Å². The number of imidazole rings is 1. The molecule has 0 aliphatic heterocycles. The summed E-state index contributed by atoms with van der Waals surface area (Å²) in [7, 11) is -3.48. The number of aromatic amines is 1. The van der Waals surface area contributed by atoms with Gasteiger partial charge >= 0.3 is 0 Å². The number of nitrogens with zero attached hydrogens (tertiary/aromatic N) is 5. The van der Waals surface area contributed by atoms with Crippen LogP contribution in [-0.4, -0.2) is 50.5 Å². The van der Waals surface area contributed by atoms with Crippen molar-refractivity contribution in [3.63, 3.8) is 0 Å². The fourth-order valence-electron chi connectivity index (χ4n) is 5.96. The zero-order valence-electron chi connectivity index (χ0n) is 25.1. The molecule has 11 nitrogen and oxygen atoms in total. The van der Waals surface area contributed by atoms with Gasteiger partial charge in [0.2, 0.25) is 15.9 Å². The minimum Gasteiger partial charge on any atom is -0.337 e. The van der Waals surface area contributed by atoms with Gasteiger partial charge in [0, 0.05) is 29.8 Å². The summed E-state index contributed by atoms with van der Waals surface area (Å²) in [5.41, 5.74) is 3.82. The first-order chi connectivity index (χ1) is 22.6. The molecule has 0 bridgehead atoms. The Morgan fingerprint density at radius 2 is 1.81 bits per heavy atom. The topological polar surface area (TPSA) is 156 Å². The number of sulfonamides is 1. The van der Waals surface area contributed by atoms with E-state index in [1.54, 1.807) is 30.3 Å². The SMILES string of the molecule is CS(=O)(=O)NCc1cc(F)cc(-c2cccc3[nH]c(-c4ncnc5cnc(-c6cncc(NC(=O)C7CCCC7)c6)c(F)c45)nc23)c1. The van der Waals surface area contributed by atoms with Gasteiger partial charge in [0.25, 0.3) is 0 Å². The lowest BCUT2D eigenvalue weighted by molar-refractivity contribution is -0.119. The third-order valence-corrected chi connectivity index (χ3v) is 8.84. The molecule has 0 unspecified atom stereocenters. The molecular formula is C33H28F2N8O3S. The van der Waals surface area contributed by atoms with E-state index in [-0.39, 0.29) is 46.5 Å². The third-order valence-electron chi connectivity index (χ3n) is 8.17. The summed E-state index contributed by atoms with van der Waals surface area (Å²) in [4.78, 5) is 37.8. The molecule has 47 heavy (non-hydrogen) atoms. The molecule has 1 aliphatic carbocycles. The smallest absolute Gasteiger partial charge is 0.227 e. The van der Waals surface area contributed by atoms with Crippen LogP contribution in [0.2, 0.25) is 0 Å². The van der Waals surface area contributed by atoms with Crippen molar-refractivity contribution in [2.45, 2.75) is 32.2 Å². The summed E-state index contributed by atoms with van der Waals surface area (Å²) in [5.74, 6) is -1.09. The number of H-pyrrole nitrogens is 1. The number of nitrogens with one attached hydrogen (secondary N) is 3. The number of aromatic nitrogens is 6. The Morgan fingerprint density at radius 3 is 2.62 bits per heavy atom. The Labute approximate surface area is 268 Å². The first-order valence-electron chi connectivity index (χ1n) is 14.9. The van der Waals surface area contributed by atoms with E-state index in [0.29, 0.717) is 39.0 Å². The maximum atomic E-state index is 16.4. The van der Waals surface area contributed by atoms with Gasteiger partial charge in [0.05, 0.1) is 46.3 Å². The van der Waals surface area contributed by atoms with E-state index in [1.165, 1.54) is 37.1 Å². The minimum absolute atomic E-state index is 0.00445. The quantitative estimate of drug-likeness (QED) is 0.187. The number of para-hydroxylation sites is 1. The zero-order chi connectivity index (χ0) is 32.7. The second-order valence-corrected chi connectivity index (χ2v) is 13.4. The number of fused-ring (bicyclic) bond motifs is 2. The number of halogens is 2. The van der Waals surface area contributed by atoms with E-state index in [4.69, 9.17) is 4.98 Å². The van der Waals surface area contributed by atoms with Gasteiger partial charge in [0.1, 0.15) is 23.5 Å². The highest BCUT2D eigenvalue weighted by atomic mass is 32.2. The fraction of sp³-hybridized carbons (Fsp3) is 0.212. The molecule has 1 fully saturated rings. The number of amides is 1. The van der Waals surface area contributed by atoms with Gasteiger partial charge in [-0.05, 0) is 54.3 Å². The van der Waals surface area contributed by atoms with Crippen molar-refractivity contribution in [1.29, 1.82) is 0 Å². The third kappa shape index (κ3) is 6.29. The largest absolute Gasteiger partial charge is 0.337 e. The monoisotopic (exact) mass is 654 g/mol.